The highest BCUT2D eigenvalue weighted by Crippen LogP contribution is 2.36. The van der Waals surface area contributed by atoms with Gasteiger partial charge in [0.2, 0.25) is 0 Å². The van der Waals surface area contributed by atoms with Crippen molar-refractivity contribution in [3.05, 3.63) is 63.0 Å². The highest BCUT2D eigenvalue weighted by molar-refractivity contribution is 6.30. The van der Waals surface area contributed by atoms with E-state index in [4.69, 9.17) is 11.6 Å². The predicted octanol–water partition coefficient (Wildman–Crippen LogP) is 4.05. The van der Waals surface area contributed by atoms with Crippen molar-refractivity contribution in [3.63, 3.8) is 0 Å². The van der Waals surface area contributed by atoms with Crippen LogP contribution in [0.25, 0.3) is 0 Å². The second-order valence-electron chi connectivity index (χ2n) is 7.78. The largest absolute Gasteiger partial charge is 0.369 e. The number of H-pyrrole nitrogens is 1. The number of aromatic amines is 1. The van der Waals surface area contributed by atoms with Crippen molar-refractivity contribution in [1.29, 1.82) is 0 Å². The first-order valence-corrected chi connectivity index (χ1v) is 10.5. The molecule has 1 aliphatic carbocycles. The summed E-state index contributed by atoms with van der Waals surface area (Å²) in [5.41, 5.74) is 3.36. The first-order chi connectivity index (χ1) is 13.1. The number of halogens is 1. The number of hydrogen-bond acceptors (Lipinski definition) is 3. The lowest BCUT2D eigenvalue weighted by atomic mass is 10.0. The molecule has 4 rings (SSSR count). The molecule has 1 aromatic heterocycles. The Morgan fingerprint density at radius 1 is 1.04 bits per heavy atom. The van der Waals surface area contributed by atoms with Crippen LogP contribution in [-0.4, -0.2) is 42.1 Å². The average molecular weight is 386 g/mol. The van der Waals surface area contributed by atoms with Gasteiger partial charge in [-0.25, -0.2) is 0 Å². The van der Waals surface area contributed by atoms with Crippen molar-refractivity contribution in [3.8, 4) is 0 Å². The molecule has 5 heteroatoms. The fourth-order valence-electron chi connectivity index (χ4n) is 4.60. The van der Waals surface area contributed by atoms with Crippen LogP contribution >= 0.6 is 11.6 Å². The van der Waals surface area contributed by atoms with Crippen LogP contribution in [0.3, 0.4) is 0 Å². The molecule has 0 spiro atoms. The van der Waals surface area contributed by atoms with E-state index in [2.05, 4.69) is 33.0 Å². The van der Waals surface area contributed by atoms with Crippen molar-refractivity contribution < 1.29 is 0 Å². The van der Waals surface area contributed by atoms with Crippen molar-refractivity contribution >= 4 is 17.3 Å². The summed E-state index contributed by atoms with van der Waals surface area (Å²) in [7, 11) is 0. The number of piperazine rings is 1. The summed E-state index contributed by atoms with van der Waals surface area (Å²) in [6.45, 7) is 6.35. The van der Waals surface area contributed by atoms with E-state index in [-0.39, 0.29) is 5.56 Å². The Hall–Kier alpha value is -1.78. The van der Waals surface area contributed by atoms with E-state index < -0.39 is 0 Å². The van der Waals surface area contributed by atoms with E-state index in [9.17, 15) is 4.79 Å². The summed E-state index contributed by atoms with van der Waals surface area (Å²) in [5.74, 6) is 0.489. The quantitative estimate of drug-likeness (QED) is 0.862. The normalized spacial score (nSPS) is 23.7. The molecule has 2 fully saturated rings. The van der Waals surface area contributed by atoms with Crippen LogP contribution in [0.15, 0.2) is 41.2 Å². The van der Waals surface area contributed by atoms with Crippen LogP contribution in [0.5, 0.6) is 0 Å². The summed E-state index contributed by atoms with van der Waals surface area (Å²) < 4.78 is 0. The molecular formula is C22H28ClN3O. The first-order valence-electron chi connectivity index (χ1n) is 10.1. The predicted molar refractivity (Wildman–Crippen MR) is 112 cm³/mol. The van der Waals surface area contributed by atoms with E-state index in [0.717, 1.165) is 55.3 Å². The van der Waals surface area contributed by atoms with Gasteiger partial charge in [-0.1, -0.05) is 24.6 Å². The molecule has 1 N–H and O–H groups in total. The van der Waals surface area contributed by atoms with Crippen LogP contribution in [0.1, 0.15) is 43.4 Å². The molecule has 0 bridgehead atoms. The number of nitrogens with one attached hydrogen (secondary N) is 1. The summed E-state index contributed by atoms with van der Waals surface area (Å²) >= 11 is 6.00. The molecule has 1 aromatic carbocycles. The van der Waals surface area contributed by atoms with Gasteiger partial charge in [-0.3, -0.25) is 9.69 Å². The molecule has 0 radical (unpaired) electrons. The lowest BCUT2D eigenvalue weighted by molar-refractivity contribution is 0.186. The molecule has 2 aliphatic rings. The van der Waals surface area contributed by atoms with Gasteiger partial charge in [0.15, 0.2) is 0 Å². The minimum Gasteiger partial charge on any atom is -0.369 e. The number of anilines is 1. The summed E-state index contributed by atoms with van der Waals surface area (Å²) in [6, 6.07) is 12.9. The zero-order valence-corrected chi connectivity index (χ0v) is 16.7. The number of nitrogens with zero attached hydrogens (tertiary/aromatic N) is 2. The molecule has 0 unspecified atom stereocenters. The number of rotatable bonds is 4. The Morgan fingerprint density at radius 2 is 1.78 bits per heavy atom. The van der Waals surface area contributed by atoms with Crippen LogP contribution in [-0.2, 0) is 6.42 Å². The Balaban J connectivity index is 1.34. The van der Waals surface area contributed by atoms with E-state index in [0.29, 0.717) is 12.0 Å². The van der Waals surface area contributed by atoms with Gasteiger partial charge in [0.25, 0.3) is 5.56 Å². The van der Waals surface area contributed by atoms with Gasteiger partial charge in [0.1, 0.15) is 0 Å². The van der Waals surface area contributed by atoms with Crippen molar-refractivity contribution in [2.24, 2.45) is 0 Å². The molecule has 27 heavy (non-hydrogen) atoms. The highest BCUT2D eigenvalue weighted by atomic mass is 35.5. The van der Waals surface area contributed by atoms with Gasteiger partial charge < -0.3 is 9.88 Å². The van der Waals surface area contributed by atoms with Crippen LogP contribution < -0.4 is 10.5 Å². The van der Waals surface area contributed by atoms with Gasteiger partial charge in [-0.05, 0) is 56.0 Å². The Labute approximate surface area is 166 Å². The zero-order valence-electron chi connectivity index (χ0n) is 16.0. The van der Waals surface area contributed by atoms with Crippen molar-refractivity contribution in [2.45, 2.75) is 44.6 Å². The second kappa shape index (κ2) is 8.07. The summed E-state index contributed by atoms with van der Waals surface area (Å²) in [5, 5.41) is 0.791. The van der Waals surface area contributed by atoms with Crippen LogP contribution in [0, 0.1) is 0 Å². The molecule has 2 aromatic rings. The molecule has 0 amide bonds. The number of benzene rings is 1. The molecule has 2 atom stereocenters. The van der Waals surface area contributed by atoms with Crippen LogP contribution in [0.2, 0.25) is 5.02 Å². The maximum Gasteiger partial charge on any atom is 0.251 e. The maximum atomic E-state index is 12.1. The number of aromatic nitrogens is 1. The number of aryl methyl sites for hydroxylation is 1. The van der Waals surface area contributed by atoms with Crippen molar-refractivity contribution in [1.82, 2.24) is 9.88 Å². The third-order valence-electron chi connectivity index (χ3n) is 6.26. The smallest absolute Gasteiger partial charge is 0.251 e. The summed E-state index contributed by atoms with van der Waals surface area (Å²) in [4.78, 5) is 20.3. The Morgan fingerprint density at radius 3 is 2.44 bits per heavy atom. The monoisotopic (exact) mass is 385 g/mol. The van der Waals surface area contributed by atoms with Gasteiger partial charge in [-0.2, -0.15) is 0 Å². The van der Waals surface area contributed by atoms with E-state index in [1.807, 2.05) is 25.1 Å². The fourth-order valence-corrected chi connectivity index (χ4v) is 4.73. The highest BCUT2D eigenvalue weighted by Gasteiger charge is 2.32. The Kier molecular flexibility index (Phi) is 5.55. The standard InChI is InChI=1S/C22H28ClN3O/c1-2-16-4-10-21(24-22(16)27)17-3-7-20(15-17)26-13-11-25(12-14-26)19-8-5-18(23)6-9-19/h4-6,8-10,17,20H,2-3,7,11-15H2,1H3,(H,24,27)/t17-,20+/m1/s1. The third kappa shape index (κ3) is 4.07. The number of hydrogen-bond donors (Lipinski definition) is 1. The minimum atomic E-state index is 0.0926. The zero-order chi connectivity index (χ0) is 18.8. The molecule has 1 saturated carbocycles. The van der Waals surface area contributed by atoms with E-state index in [1.54, 1.807) is 0 Å². The van der Waals surface area contributed by atoms with Crippen LogP contribution in [0.4, 0.5) is 5.69 Å². The van der Waals surface area contributed by atoms with E-state index >= 15 is 0 Å². The molecule has 4 nitrogen and oxygen atoms in total. The molecule has 1 saturated heterocycles. The van der Waals surface area contributed by atoms with Gasteiger partial charge in [-0.15, -0.1) is 0 Å². The van der Waals surface area contributed by atoms with Crippen molar-refractivity contribution in [2.75, 3.05) is 31.1 Å². The topological polar surface area (TPSA) is 39.3 Å². The summed E-state index contributed by atoms with van der Waals surface area (Å²) in [6.07, 6.45) is 4.34. The molecule has 144 valence electrons. The average Bonchev–Trinajstić information content (AvgIpc) is 3.19. The maximum absolute atomic E-state index is 12.1. The van der Waals surface area contributed by atoms with E-state index in [1.165, 1.54) is 18.5 Å². The first kappa shape index (κ1) is 18.6. The third-order valence-corrected chi connectivity index (χ3v) is 6.51. The molecular weight excluding hydrogens is 358 g/mol. The lowest BCUT2D eigenvalue weighted by Crippen LogP contribution is -2.49. The molecule has 2 heterocycles. The van der Waals surface area contributed by atoms with Gasteiger partial charge >= 0.3 is 0 Å². The van der Waals surface area contributed by atoms with Gasteiger partial charge in [0, 0.05) is 60.1 Å². The molecule has 1 aliphatic heterocycles. The minimum absolute atomic E-state index is 0.0926. The SMILES string of the molecule is CCc1ccc([C@@H]2CC[C@H](N3CCN(c4ccc(Cl)cc4)CC3)C2)[nH]c1=O. The Bertz CT molecular complexity index is 824. The fraction of sp³-hybridized carbons (Fsp3) is 0.500. The lowest BCUT2D eigenvalue weighted by Gasteiger charge is -2.39. The number of pyridine rings is 1. The second-order valence-corrected chi connectivity index (χ2v) is 8.22. The van der Waals surface area contributed by atoms with Gasteiger partial charge in [0.05, 0.1) is 0 Å².